The third-order valence-electron chi connectivity index (χ3n) is 4.76. The minimum atomic E-state index is -0.779. The number of amides is 2. The van der Waals surface area contributed by atoms with Crippen LogP contribution in [0.5, 0.6) is 11.5 Å². The van der Waals surface area contributed by atoms with Gasteiger partial charge in [0, 0.05) is 22.8 Å². The van der Waals surface area contributed by atoms with Crippen molar-refractivity contribution in [2.45, 2.75) is 0 Å². The van der Waals surface area contributed by atoms with Crippen LogP contribution in [0, 0.1) is 0 Å². The summed E-state index contributed by atoms with van der Waals surface area (Å²) in [4.78, 5) is 36.6. The summed E-state index contributed by atoms with van der Waals surface area (Å²) in [5.74, 6) is -1.06. The van der Waals surface area contributed by atoms with Gasteiger partial charge in [0.15, 0.2) is 6.61 Å². The molecule has 0 atom stereocenters. The summed E-state index contributed by atoms with van der Waals surface area (Å²) in [6.07, 6.45) is 0. The van der Waals surface area contributed by atoms with E-state index in [1.807, 2.05) is 60.7 Å². The number of hydrogen-bond donors (Lipinski definition) is 2. The molecule has 0 heterocycles. The third-order valence-corrected chi connectivity index (χ3v) is 4.76. The van der Waals surface area contributed by atoms with Gasteiger partial charge in [-0.05, 0) is 12.1 Å². The number of hydrazone groups is 1. The molecule has 0 aliphatic rings. The number of ether oxygens (including phenoxy) is 3. The monoisotopic (exact) mass is 475 g/mol. The van der Waals surface area contributed by atoms with Crippen LogP contribution in [0.1, 0.15) is 21.5 Å². The zero-order valence-corrected chi connectivity index (χ0v) is 19.3. The van der Waals surface area contributed by atoms with Gasteiger partial charge in [0.1, 0.15) is 18.0 Å². The van der Waals surface area contributed by atoms with Gasteiger partial charge in [-0.25, -0.2) is 5.43 Å². The lowest BCUT2D eigenvalue weighted by molar-refractivity contribution is -0.147. The van der Waals surface area contributed by atoms with Crippen molar-refractivity contribution in [2.24, 2.45) is 5.10 Å². The molecular formula is C26H25N3O6. The predicted molar refractivity (Wildman–Crippen MR) is 130 cm³/mol. The van der Waals surface area contributed by atoms with Gasteiger partial charge in [-0.3, -0.25) is 14.4 Å². The maximum Gasteiger partial charge on any atom is 0.325 e. The van der Waals surface area contributed by atoms with Crippen LogP contribution in [0.25, 0.3) is 0 Å². The number of nitrogens with zero attached hydrogens (tertiary/aromatic N) is 1. The number of hydrogen-bond acceptors (Lipinski definition) is 7. The average Bonchev–Trinajstić information content (AvgIpc) is 2.91. The van der Waals surface area contributed by atoms with Gasteiger partial charge in [-0.1, -0.05) is 60.7 Å². The molecule has 0 radical (unpaired) electrons. The SMILES string of the molecule is COc1cc(OC)cc(C(=O)NCC(=O)OCC(=O)NN=C(c2ccccc2)c2ccccc2)c1. The highest BCUT2D eigenvalue weighted by atomic mass is 16.5. The molecule has 2 amide bonds. The van der Waals surface area contributed by atoms with Crippen molar-refractivity contribution in [3.8, 4) is 11.5 Å². The van der Waals surface area contributed by atoms with Crippen LogP contribution in [0.3, 0.4) is 0 Å². The lowest BCUT2D eigenvalue weighted by Crippen LogP contribution is -2.33. The highest BCUT2D eigenvalue weighted by molar-refractivity contribution is 6.13. The van der Waals surface area contributed by atoms with Crippen molar-refractivity contribution in [3.05, 3.63) is 95.6 Å². The van der Waals surface area contributed by atoms with Crippen molar-refractivity contribution in [2.75, 3.05) is 27.4 Å². The second kappa shape index (κ2) is 12.5. The van der Waals surface area contributed by atoms with Gasteiger partial charge in [-0.2, -0.15) is 5.10 Å². The number of esters is 1. The van der Waals surface area contributed by atoms with Gasteiger partial charge in [0.2, 0.25) is 0 Å². The molecule has 0 bridgehead atoms. The Morgan fingerprint density at radius 1 is 0.771 bits per heavy atom. The van der Waals surface area contributed by atoms with Gasteiger partial charge < -0.3 is 19.5 Å². The van der Waals surface area contributed by atoms with Crippen molar-refractivity contribution in [3.63, 3.8) is 0 Å². The highest BCUT2D eigenvalue weighted by Gasteiger charge is 2.13. The molecule has 0 fully saturated rings. The molecule has 35 heavy (non-hydrogen) atoms. The fraction of sp³-hybridized carbons (Fsp3) is 0.154. The Kier molecular flexibility index (Phi) is 8.95. The molecule has 0 unspecified atom stereocenters. The molecule has 3 aromatic rings. The fourth-order valence-corrected chi connectivity index (χ4v) is 3.03. The van der Waals surface area contributed by atoms with E-state index in [1.165, 1.54) is 26.4 Å². The first-order chi connectivity index (χ1) is 17.0. The first-order valence-corrected chi connectivity index (χ1v) is 10.6. The predicted octanol–water partition coefficient (Wildman–Crippen LogP) is 2.55. The maximum atomic E-state index is 12.3. The summed E-state index contributed by atoms with van der Waals surface area (Å²) in [5.41, 5.74) is 4.84. The minimum Gasteiger partial charge on any atom is -0.497 e. The Hall–Kier alpha value is -4.66. The summed E-state index contributed by atoms with van der Waals surface area (Å²) < 4.78 is 15.2. The van der Waals surface area contributed by atoms with Crippen LogP contribution < -0.4 is 20.2 Å². The van der Waals surface area contributed by atoms with E-state index in [4.69, 9.17) is 14.2 Å². The summed E-state index contributed by atoms with van der Waals surface area (Å²) in [6.45, 7) is -0.976. The van der Waals surface area contributed by atoms with Crippen LogP contribution in [-0.4, -0.2) is 50.9 Å². The highest BCUT2D eigenvalue weighted by Crippen LogP contribution is 2.22. The molecule has 180 valence electrons. The number of benzene rings is 3. The Balaban J connectivity index is 1.53. The van der Waals surface area contributed by atoms with E-state index in [2.05, 4.69) is 15.8 Å². The Morgan fingerprint density at radius 2 is 1.31 bits per heavy atom. The molecule has 0 aliphatic heterocycles. The molecule has 9 heteroatoms. The molecule has 0 saturated heterocycles. The van der Waals surface area contributed by atoms with Crippen molar-refractivity contribution < 1.29 is 28.6 Å². The maximum absolute atomic E-state index is 12.3. The fourth-order valence-electron chi connectivity index (χ4n) is 3.03. The summed E-state index contributed by atoms with van der Waals surface area (Å²) in [7, 11) is 2.93. The second-order valence-corrected chi connectivity index (χ2v) is 7.17. The number of methoxy groups -OCH3 is 2. The zero-order chi connectivity index (χ0) is 25.0. The van der Waals surface area contributed by atoms with E-state index < -0.39 is 30.9 Å². The number of nitrogens with one attached hydrogen (secondary N) is 2. The largest absolute Gasteiger partial charge is 0.497 e. The summed E-state index contributed by atoms with van der Waals surface area (Å²) in [6, 6.07) is 23.4. The molecule has 3 rings (SSSR count). The smallest absolute Gasteiger partial charge is 0.325 e. The Bertz CT molecular complexity index is 1130. The van der Waals surface area contributed by atoms with E-state index in [0.717, 1.165) is 11.1 Å². The average molecular weight is 476 g/mol. The lowest BCUT2D eigenvalue weighted by atomic mass is 10.0. The summed E-state index contributed by atoms with van der Waals surface area (Å²) in [5, 5.41) is 6.66. The van der Waals surface area contributed by atoms with Crippen LogP contribution in [0.15, 0.2) is 84.0 Å². The molecule has 0 aliphatic carbocycles. The molecule has 3 aromatic carbocycles. The van der Waals surface area contributed by atoms with E-state index in [1.54, 1.807) is 6.07 Å². The zero-order valence-electron chi connectivity index (χ0n) is 19.3. The normalized spacial score (nSPS) is 10.0. The van der Waals surface area contributed by atoms with Gasteiger partial charge in [0.05, 0.1) is 19.9 Å². The lowest BCUT2D eigenvalue weighted by Gasteiger charge is -2.10. The van der Waals surface area contributed by atoms with E-state index in [-0.39, 0.29) is 5.56 Å². The van der Waals surface area contributed by atoms with Crippen LogP contribution in [0.4, 0.5) is 0 Å². The Morgan fingerprint density at radius 3 is 1.83 bits per heavy atom. The van der Waals surface area contributed by atoms with Gasteiger partial charge in [-0.15, -0.1) is 0 Å². The standard InChI is InChI=1S/C26H25N3O6/c1-33-21-13-20(14-22(15-21)34-2)26(32)27-16-24(31)35-17-23(30)28-29-25(18-9-5-3-6-10-18)19-11-7-4-8-12-19/h3-15H,16-17H2,1-2H3,(H,27,32)(H,28,30). The van der Waals surface area contributed by atoms with Gasteiger partial charge in [0.25, 0.3) is 11.8 Å². The van der Waals surface area contributed by atoms with E-state index >= 15 is 0 Å². The molecule has 0 aromatic heterocycles. The number of carbonyl (C=O) groups excluding carboxylic acids is 3. The van der Waals surface area contributed by atoms with Crippen LogP contribution in [-0.2, 0) is 14.3 Å². The number of carbonyl (C=O) groups is 3. The van der Waals surface area contributed by atoms with Crippen LogP contribution in [0.2, 0.25) is 0 Å². The molecule has 9 nitrogen and oxygen atoms in total. The first-order valence-electron chi connectivity index (χ1n) is 10.6. The van der Waals surface area contributed by atoms with E-state index in [9.17, 15) is 14.4 Å². The molecule has 0 saturated carbocycles. The van der Waals surface area contributed by atoms with Crippen LogP contribution >= 0.6 is 0 Å². The molecule has 0 spiro atoms. The van der Waals surface area contributed by atoms with Crippen molar-refractivity contribution in [1.82, 2.24) is 10.7 Å². The molecular weight excluding hydrogens is 450 g/mol. The topological polar surface area (TPSA) is 115 Å². The molecule has 2 N–H and O–H groups in total. The van der Waals surface area contributed by atoms with Gasteiger partial charge >= 0.3 is 5.97 Å². The van der Waals surface area contributed by atoms with E-state index in [0.29, 0.717) is 17.2 Å². The van der Waals surface area contributed by atoms with Crippen molar-refractivity contribution in [1.29, 1.82) is 0 Å². The second-order valence-electron chi connectivity index (χ2n) is 7.17. The van der Waals surface area contributed by atoms with Crippen molar-refractivity contribution >= 4 is 23.5 Å². The quantitative estimate of drug-likeness (QED) is 0.265. The third kappa shape index (κ3) is 7.43. The summed E-state index contributed by atoms with van der Waals surface area (Å²) >= 11 is 0. The minimum absolute atomic E-state index is 0.246. The Labute approximate surface area is 202 Å². The number of rotatable bonds is 10. The first kappa shape index (κ1) is 25.0.